The average Bonchev–Trinajstić information content (AvgIpc) is 2.67. The minimum atomic E-state index is -1.03. The Labute approximate surface area is 216 Å². The lowest BCUT2D eigenvalue weighted by Gasteiger charge is -2.34. The summed E-state index contributed by atoms with van der Waals surface area (Å²) in [4.78, 5) is 26.4. The van der Waals surface area contributed by atoms with Crippen LogP contribution in [0.2, 0.25) is 0 Å². The predicted octanol–water partition coefficient (Wildman–Crippen LogP) is 3.71. The van der Waals surface area contributed by atoms with E-state index in [0.29, 0.717) is 19.8 Å². The maximum Gasteiger partial charge on any atom is 0.226 e. The van der Waals surface area contributed by atoms with Crippen molar-refractivity contribution < 1.29 is 19.1 Å². The zero-order valence-corrected chi connectivity index (χ0v) is 25.0. The van der Waals surface area contributed by atoms with Crippen molar-refractivity contribution in [3.05, 3.63) is 0 Å². The second kappa shape index (κ2) is 15.9. The second-order valence-corrected chi connectivity index (χ2v) is 11.9. The molecule has 0 rings (SSSR count). The molecule has 0 fully saturated rings. The Kier molecular flexibility index (Phi) is 16.4. The summed E-state index contributed by atoms with van der Waals surface area (Å²) in [6.45, 7) is 24.2. The van der Waals surface area contributed by atoms with Crippen molar-refractivity contribution in [2.24, 2.45) is 22.8 Å². The first-order chi connectivity index (χ1) is 15.8. The number of rotatable bonds is 17. The maximum atomic E-state index is 12.8. The van der Waals surface area contributed by atoms with E-state index in [9.17, 15) is 9.59 Å². The van der Waals surface area contributed by atoms with Crippen LogP contribution in [0, 0.1) is 11.3 Å². The average molecular weight is 503 g/mol. The summed E-state index contributed by atoms with van der Waals surface area (Å²) >= 11 is 0. The van der Waals surface area contributed by atoms with Gasteiger partial charge in [-0.2, -0.15) is 0 Å². The first-order valence-electron chi connectivity index (χ1n) is 13.1. The molecule has 0 saturated heterocycles. The number of Topliss-reactive ketones (excluding diaryl/α,β-unsaturated/α-hetero) is 1. The minimum absolute atomic E-state index is 0.0410. The Balaban J connectivity index is 0. The summed E-state index contributed by atoms with van der Waals surface area (Å²) in [7, 11) is 1.77. The summed E-state index contributed by atoms with van der Waals surface area (Å²) in [6, 6.07) is 0. The van der Waals surface area contributed by atoms with Gasteiger partial charge in [-0.25, -0.2) is 0 Å². The van der Waals surface area contributed by atoms with Gasteiger partial charge in [0.1, 0.15) is 11.5 Å². The SMILES string of the molecule is CC.CCNC(C)(C)CCOC(C)(N)CC(=O)N(C)CC(C)(C)COCC(C)(N)CC(=O)C(C)C. The second-order valence-electron chi connectivity index (χ2n) is 11.9. The number of hydrogen-bond donors (Lipinski definition) is 3. The van der Waals surface area contributed by atoms with E-state index >= 15 is 0 Å². The fourth-order valence-corrected chi connectivity index (χ4v) is 3.58. The molecular formula is C27H58N4O4. The predicted molar refractivity (Wildman–Crippen MR) is 146 cm³/mol. The van der Waals surface area contributed by atoms with Gasteiger partial charge in [-0.3, -0.25) is 9.59 Å². The van der Waals surface area contributed by atoms with Crippen molar-refractivity contribution in [2.75, 3.05) is 40.0 Å². The summed E-state index contributed by atoms with van der Waals surface area (Å²) in [5.41, 5.74) is 10.4. The fourth-order valence-electron chi connectivity index (χ4n) is 3.58. The first kappa shape index (κ1) is 36.1. The largest absolute Gasteiger partial charge is 0.379 e. The standard InChI is InChI=1S/C25H52N4O4.C2H6/c1-11-28-23(6,7)12-13-33-25(9,27)15-21(31)29(10)16-22(4,5)17-32-18-24(8,26)14-20(30)19(2)3;1-2/h19,28H,11-18,26-27H2,1-10H3;1-2H3. The number of ketones is 1. The Hall–Kier alpha value is -1.06. The molecule has 0 radical (unpaired) electrons. The highest BCUT2D eigenvalue weighted by atomic mass is 16.5. The van der Waals surface area contributed by atoms with Crippen LogP contribution in [-0.2, 0) is 19.1 Å². The molecule has 0 aromatic carbocycles. The van der Waals surface area contributed by atoms with Crippen LogP contribution < -0.4 is 16.8 Å². The molecule has 0 aliphatic rings. The van der Waals surface area contributed by atoms with E-state index in [2.05, 4.69) is 26.1 Å². The summed E-state index contributed by atoms with van der Waals surface area (Å²) in [6.07, 6.45) is 1.18. The molecule has 0 bridgehead atoms. The van der Waals surface area contributed by atoms with Crippen molar-refractivity contribution in [1.29, 1.82) is 0 Å². The van der Waals surface area contributed by atoms with Gasteiger partial charge in [0, 0.05) is 42.4 Å². The topological polar surface area (TPSA) is 120 Å². The number of nitrogens with one attached hydrogen (secondary N) is 1. The molecule has 8 nitrogen and oxygen atoms in total. The van der Waals surface area contributed by atoms with Gasteiger partial charge in [0.2, 0.25) is 5.91 Å². The zero-order chi connectivity index (χ0) is 28.1. The highest BCUT2D eigenvalue weighted by Crippen LogP contribution is 2.21. The molecule has 2 atom stereocenters. The van der Waals surface area contributed by atoms with Gasteiger partial charge in [-0.1, -0.05) is 48.5 Å². The van der Waals surface area contributed by atoms with Crippen LogP contribution >= 0.6 is 0 Å². The van der Waals surface area contributed by atoms with E-state index < -0.39 is 11.3 Å². The van der Waals surface area contributed by atoms with E-state index in [-0.39, 0.29) is 48.0 Å². The summed E-state index contributed by atoms with van der Waals surface area (Å²) in [5.74, 6) is 0.0105. The number of carbonyl (C=O) groups is 2. The molecule has 0 aromatic heterocycles. The van der Waals surface area contributed by atoms with E-state index in [1.54, 1.807) is 18.9 Å². The Morgan fingerprint density at radius 2 is 1.51 bits per heavy atom. The Morgan fingerprint density at radius 1 is 0.971 bits per heavy atom. The lowest BCUT2D eigenvalue weighted by atomic mass is 9.91. The van der Waals surface area contributed by atoms with Crippen molar-refractivity contribution in [1.82, 2.24) is 10.2 Å². The third kappa shape index (κ3) is 17.9. The lowest BCUT2D eigenvalue weighted by molar-refractivity contribution is -0.139. The molecule has 0 spiro atoms. The quantitative estimate of drug-likeness (QED) is 0.259. The molecule has 0 aliphatic heterocycles. The van der Waals surface area contributed by atoms with Gasteiger partial charge in [-0.15, -0.1) is 0 Å². The molecule has 210 valence electrons. The lowest BCUT2D eigenvalue weighted by Crippen LogP contribution is -2.48. The minimum Gasteiger partial charge on any atom is -0.379 e. The van der Waals surface area contributed by atoms with Crippen molar-refractivity contribution in [3.63, 3.8) is 0 Å². The van der Waals surface area contributed by atoms with Gasteiger partial charge >= 0.3 is 0 Å². The number of hydrogen-bond acceptors (Lipinski definition) is 7. The number of carbonyl (C=O) groups excluding carboxylic acids is 2. The van der Waals surface area contributed by atoms with Crippen LogP contribution in [0.5, 0.6) is 0 Å². The highest BCUT2D eigenvalue weighted by Gasteiger charge is 2.30. The van der Waals surface area contributed by atoms with Crippen LogP contribution in [0.25, 0.3) is 0 Å². The number of nitrogens with zero attached hydrogens (tertiary/aromatic N) is 1. The summed E-state index contributed by atoms with van der Waals surface area (Å²) < 4.78 is 11.7. The normalized spacial score (nSPS) is 15.6. The molecule has 2 unspecified atom stereocenters. The van der Waals surface area contributed by atoms with Gasteiger partial charge in [0.25, 0.3) is 0 Å². The van der Waals surface area contributed by atoms with Crippen molar-refractivity contribution in [3.8, 4) is 0 Å². The van der Waals surface area contributed by atoms with Crippen LogP contribution in [0.3, 0.4) is 0 Å². The van der Waals surface area contributed by atoms with Crippen molar-refractivity contribution in [2.45, 2.75) is 112 Å². The van der Waals surface area contributed by atoms with E-state index in [1.807, 2.05) is 48.5 Å². The van der Waals surface area contributed by atoms with Crippen LogP contribution in [-0.4, -0.2) is 73.4 Å². The van der Waals surface area contributed by atoms with E-state index in [4.69, 9.17) is 20.9 Å². The van der Waals surface area contributed by atoms with Gasteiger partial charge < -0.3 is 31.2 Å². The van der Waals surface area contributed by atoms with E-state index in [1.165, 1.54) is 0 Å². The van der Waals surface area contributed by atoms with Gasteiger partial charge in [0.05, 0.1) is 26.2 Å². The number of ether oxygens (including phenoxy) is 2. The highest BCUT2D eigenvalue weighted by molar-refractivity contribution is 5.81. The molecule has 0 aliphatic carbocycles. The smallest absolute Gasteiger partial charge is 0.226 e. The van der Waals surface area contributed by atoms with Gasteiger partial charge in [0.15, 0.2) is 0 Å². The maximum absolute atomic E-state index is 12.8. The molecule has 35 heavy (non-hydrogen) atoms. The Bertz CT molecular complexity index is 616. The molecule has 0 heterocycles. The molecule has 0 aromatic rings. The number of amides is 1. The number of nitrogens with two attached hydrogens (primary N) is 2. The molecule has 0 saturated carbocycles. The monoisotopic (exact) mass is 502 g/mol. The van der Waals surface area contributed by atoms with Crippen molar-refractivity contribution >= 4 is 11.7 Å². The molecule has 5 N–H and O–H groups in total. The molecule has 1 amide bonds. The fraction of sp³-hybridized carbons (Fsp3) is 0.926. The zero-order valence-electron chi connectivity index (χ0n) is 25.0. The van der Waals surface area contributed by atoms with Crippen LogP contribution in [0.15, 0.2) is 0 Å². The first-order valence-corrected chi connectivity index (χ1v) is 13.1. The summed E-state index contributed by atoms with van der Waals surface area (Å²) in [5, 5.41) is 3.40. The molecular weight excluding hydrogens is 444 g/mol. The third-order valence-corrected chi connectivity index (χ3v) is 5.55. The van der Waals surface area contributed by atoms with Crippen LogP contribution in [0.1, 0.15) is 95.4 Å². The third-order valence-electron chi connectivity index (χ3n) is 5.55. The molecule has 8 heteroatoms. The Morgan fingerprint density at radius 3 is 2.00 bits per heavy atom. The van der Waals surface area contributed by atoms with Crippen LogP contribution in [0.4, 0.5) is 0 Å². The van der Waals surface area contributed by atoms with E-state index in [0.717, 1.165) is 13.0 Å². The van der Waals surface area contributed by atoms with Gasteiger partial charge in [-0.05, 0) is 40.7 Å².